The molecular weight excluding hydrogens is 461 g/mol. The molecule has 1 fully saturated rings. The summed E-state index contributed by atoms with van der Waals surface area (Å²) in [6.07, 6.45) is 6.13. The molecule has 0 radical (unpaired) electrons. The fourth-order valence-corrected chi connectivity index (χ4v) is 5.99. The Morgan fingerprint density at radius 3 is 2.94 bits per heavy atom. The maximum absolute atomic E-state index is 15.0. The Balaban J connectivity index is 1.64. The zero-order valence-electron chi connectivity index (χ0n) is 20.1. The molecule has 5 heterocycles. The van der Waals surface area contributed by atoms with Gasteiger partial charge < -0.3 is 15.0 Å². The van der Waals surface area contributed by atoms with Gasteiger partial charge in [0.15, 0.2) is 0 Å². The van der Waals surface area contributed by atoms with Crippen LogP contribution in [0, 0.1) is 5.95 Å². The smallest absolute Gasteiger partial charge is 0.329 e. The first-order chi connectivity index (χ1) is 17.5. The number of aryl methyl sites for hydroxylation is 2. The number of nitrogens with one attached hydrogen (secondary N) is 2. The normalized spacial score (nSPS) is 19.8. The topological polar surface area (TPSA) is 94.7 Å². The zero-order chi connectivity index (χ0) is 24.6. The number of rotatable bonds is 1. The molecule has 4 aromatic heterocycles. The second-order valence-electron chi connectivity index (χ2n) is 9.80. The van der Waals surface area contributed by atoms with Crippen LogP contribution in [0.4, 0.5) is 4.39 Å². The number of hydrogen-bond donors (Lipinski definition) is 2. The molecular formula is C26H26FN7O2. The lowest BCUT2D eigenvalue weighted by Crippen LogP contribution is -2.31. The minimum atomic E-state index is -0.571. The molecule has 4 bridgehead atoms. The number of benzene rings is 1. The SMILES string of the molecule is Cn1cc(-c2[nH]c3ncc4c5c3c2-c2cccc(c2)OCCN[C@@H]2CC[C@H](C2)n5c(=O)n4C)c(F)n1. The van der Waals surface area contributed by atoms with Crippen LogP contribution in [-0.2, 0) is 14.1 Å². The fraction of sp³-hybridized carbons (Fsp3) is 0.346. The third-order valence-corrected chi connectivity index (χ3v) is 7.62. The number of pyridine rings is 1. The van der Waals surface area contributed by atoms with E-state index < -0.39 is 5.95 Å². The van der Waals surface area contributed by atoms with Crippen molar-refractivity contribution in [1.29, 1.82) is 0 Å². The van der Waals surface area contributed by atoms with E-state index >= 15 is 4.39 Å². The van der Waals surface area contributed by atoms with Crippen LogP contribution in [0.25, 0.3) is 44.5 Å². The highest BCUT2D eigenvalue weighted by Crippen LogP contribution is 2.43. The number of H-pyrrole nitrogens is 1. The summed E-state index contributed by atoms with van der Waals surface area (Å²) >= 11 is 0. The second kappa shape index (κ2) is 7.79. The summed E-state index contributed by atoms with van der Waals surface area (Å²) in [7, 11) is 3.48. The predicted molar refractivity (Wildman–Crippen MR) is 135 cm³/mol. The third-order valence-electron chi connectivity index (χ3n) is 7.62. The Bertz CT molecular complexity index is 1710. The van der Waals surface area contributed by atoms with Gasteiger partial charge >= 0.3 is 5.69 Å². The van der Waals surface area contributed by atoms with Crippen molar-refractivity contribution < 1.29 is 9.13 Å². The largest absolute Gasteiger partial charge is 0.492 e. The highest BCUT2D eigenvalue weighted by Gasteiger charge is 2.32. The Hall–Kier alpha value is -3.92. The molecule has 0 unspecified atom stereocenters. The molecule has 0 saturated heterocycles. The van der Waals surface area contributed by atoms with E-state index in [2.05, 4.69) is 20.4 Å². The summed E-state index contributed by atoms with van der Waals surface area (Å²) in [4.78, 5) is 21.7. The lowest BCUT2D eigenvalue weighted by molar-refractivity contribution is 0.304. The number of imidazole rings is 1. The van der Waals surface area contributed by atoms with E-state index in [4.69, 9.17) is 4.74 Å². The maximum Gasteiger partial charge on any atom is 0.329 e. The molecule has 2 atom stereocenters. The van der Waals surface area contributed by atoms with Gasteiger partial charge in [0.05, 0.1) is 33.9 Å². The van der Waals surface area contributed by atoms with E-state index in [1.807, 2.05) is 28.8 Å². The van der Waals surface area contributed by atoms with Crippen LogP contribution in [0.5, 0.6) is 5.75 Å². The number of hydrogen-bond acceptors (Lipinski definition) is 5. The number of aromatic amines is 1. The molecule has 0 amide bonds. The third kappa shape index (κ3) is 3.07. The lowest BCUT2D eigenvalue weighted by atomic mass is 9.99. The molecule has 2 aliphatic rings. The molecule has 1 aromatic carbocycles. The summed E-state index contributed by atoms with van der Waals surface area (Å²) in [5.74, 6) is 0.159. The van der Waals surface area contributed by atoms with Crippen molar-refractivity contribution in [2.24, 2.45) is 14.1 Å². The van der Waals surface area contributed by atoms with Gasteiger partial charge in [-0.25, -0.2) is 9.78 Å². The Morgan fingerprint density at radius 2 is 2.11 bits per heavy atom. The minimum Gasteiger partial charge on any atom is -0.492 e. The molecule has 5 aromatic rings. The van der Waals surface area contributed by atoms with E-state index in [0.29, 0.717) is 29.6 Å². The molecule has 2 N–H and O–H groups in total. The summed E-state index contributed by atoms with van der Waals surface area (Å²) < 4.78 is 26.1. The Kier molecular flexibility index (Phi) is 4.62. The van der Waals surface area contributed by atoms with Gasteiger partial charge in [0.2, 0.25) is 5.95 Å². The van der Waals surface area contributed by atoms with Crippen LogP contribution in [0.1, 0.15) is 25.3 Å². The molecule has 7 rings (SSSR count). The number of aromatic nitrogens is 6. The highest BCUT2D eigenvalue weighted by atomic mass is 19.1. The summed E-state index contributed by atoms with van der Waals surface area (Å²) in [5, 5.41) is 8.33. The van der Waals surface area contributed by atoms with Gasteiger partial charge in [0.1, 0.15) is 18.0 Å². The van der Waals surface area contributed by atoms with Crippen molar-refractivity contribution >= 4 is 22.1 Å². The van der Waals surface area contributed by atoms with Gasteiger partial charge in [-0.1, -0.05) is 12.1 Å². The first-order valence-corrected chi connectivity index (χ1v) is 12.3. The van der Waals surface area contributed by atoms with E-state index in [0.717, 1.165) is 59.1 Å². The first kappa shape index (κ1) is 21.4. The van der Waals surface area contributed by atoms with Gasteiger partial charge in [-0.3, -0.25) is 13.8 Å². The Labute approximate surface area is 205 Å². The van der Waals surface area contributed by atoms with Gasteiger partial charge in [-0.2, -0.15) is 4.39 Å². The van der Waals surface area contributed by atoms with Gasteiger partial charge in [0, 0.05) is 44.5 Å². The highest BCUT2D eigenvalue weighted by molar-refractivity contribution is 6.14. The van der Waals surface area contributed by atoms with E-state index in [-0.39, 0.29) is 11.7 Å². The van der Waals surface area contributed by atoms with Crippen molar-refractivity contribution in [3.8, 4) is 28.1 Å². The van der Waals surface area contributed by atoms with Crippen LogP contribution in [0.2, 0.25) is 0 Å². The molecule has 0 spiro atoms. The van der Waals surface area contributed by atoms with Crippen LogP contribution in [0.3, 0.4) is 0 Å². The number of fused-ring (bicyclic) bond motifs is 6. The van der Waals surface area contributed by atoms with Crippen molar-refractivity contribution in [2.45, 2.75) is 31.3 Å². The minimum absolute atomic E-state index is 0.0563. The summed E-state index contributed by atoms with van der Waals surface area (Å²) in [6.45, 7) is 1.26. The first-order valence-electron chi connectivity index (χ1n) is 12.3. The van der Waals surface area contributed by atoms with E-state index in [9.17, 15) is 4.79 Å². The molecule has 1 saturated carbocycles. The summed E-state index contributed by atoms with van der Waals surface area (Å²) in [6, 6.07) is 8.17. The zero-order valence-corrected chi connectivity index (χ0v) is 20.1. The molecule has 1 aliphatic heterocycles. The molecule has 1 aliphatic carbocycles. The Morgan fingerprint density at radius 1 is 1.22 bits per heavy atom. The van der Waals surface area contributed by atoms with E-state index in [1.165, 1.54) is 4.68 Å². The van der Waals surface area contributed by atoms with Gasteiger partial charge in [-0.05, 0) is 37.0 Å². The standard InChI is InChI=1S/C26H26FN7O2/c1-32-13-18(24(27)31-32)22-20-14-4-3-5-17(10-14)36-9-8-28-15-6-7-16(11-15)34-23-19(33(2)26(34)35)12-29-25(30-22)21(20)23/h3-5,10,12-13,15-16,28H,6-9,11H2,1-2H3,(H,29,30)/t15-,16-/m1/s1. The van der Waals surface area contributed by atoms with E-state index in [1.54, 1.807) is 31.1 Å². The van der Waals surface area contributed by atoms with Gasteiger partial charge in [0.25, 0.3) is 0 Å². The predicted octanol–water partition coefficient (Wildman–Crippen LogP) is 3.50. The second-order valence-corrected chi connectivity index (χ2v) is 9.80. The fourth-order valence-electron chi connectivity index (χ4n) is 5.99. The molecule has 10 heteroatoms. The average molecular weight is 488 g/mol. The van der Waals surface area contributed by atoms with Gasteiger partial charge in [-0.15, -0.1) is 5.10 Å². The number of nitrogens with zero attached hydrogens (tertiary/aromatic N) is 5. The quantitative estimate of drug-likeness (QED) is 0.378. The average Bonchev–Trinajstić information content (AvgIpc) is 3.61. The summed E-state index contributed by atoms with van der Waals surface area (Å²) in [5.41, 5.74) is 4.67. The van der Waals surface area contributed by atoms with Crippen LogP contribution < -0.4 is 15.7 Å². The van der Waals surface area contributed by atoms with Crippen molar-refractivity contribution in [3.63, 3.8) is 0 Å². The van der Waals surface area contributed by atoms with Crippen LogP contribution >= 0.6 is 0 Å². The van der Waals surface area contributed by atoms with Crippen LogP contribution in [0.15, 0.2) is 41.5 Å². The lowest BCUT2D eigenvalue weighted by Gasteiger charge is -2.17. The molecule has 36 heavy (non-hydrogen) atoms. The number of ether oxygens (including phenoxy) is 1. The molecule has 9 nitrogen and oxygen atoms in total. The van der Waals surface area contributed by atoms with Crippen molar-refractivity contribution in [1.82, 2.24) is 34.2 Å². The van der Waals surface area contributed by atoms with Crippen LogP contribution in [-0.4, -0.2) is 48.1 Å². The van der Waals surface area contributed by atoms with Crippen molar-refractivity contribution in [2.75, 3.05) is 13.2 Å². The van der Waals surface area contributed by atoms with Crippen molar-refractivity contribution in [3.05, 3.63) is 53.1 Å². The monoisotopic (exact) mass is 487 g/mol. The number of halogens is 1. The molecule has 184 valence electrons. The maximum atomic E-state index is 15.0.